The molecule has 1 aromatic heterocycles. The third kappa shape index (κ3) is 3.11. The van der Waals surface area contributed by atoms with Crippen LogP contribution in [0.1, 0.15) is 0 Å². The second-order valence-corrected chi connectivity index (χ2v) is 5.11. The predicted molar refractivity (Wildman–Crippen MR) is 92.6 cm³/mol. The van der Waals surface area contributed by atoms with Crippen molar-refractivity contribution in [2.45, 2.75) is 0 Å². The van der Waals surface area contributed by atoms with E-state index in [9.17, 15) is 0 Å². The zero-order valence-electron chi connectivity index (χ0n) is 13.1. The highest BCUT2D eigenvalue weighted by atomic mass is 16.5. The second kappa shape index (κ2) is 6.40. The quantitative estimate of drug-likeness (QED) is 0.791. The average molecular weight is 306 g/mol. The van der Waals surface area contributed by atoms with Crippen LogP contribution in [0.25, 0.3) is 22.3 Å². The Morgan fingerprint density at radius 1 is 0.739 bits per heavy atom. The van der Waals surface area contributed by atoms with Gasteiger partial charge in [0.05, 0.1) is 14.2 Å². The molecule has 116 valence electrons. The Bertz CT molecular complexity index is 797. The van der Waals surface area contributed by atoms with Gasteiger partial charge in [-0.1, -0.05) is 24.3 Å². The van der Waals surface area contributed by atoms with Gasteiger partial charge < -0.3 is 15.2 Å². The molecule has 3 aromatic rings. The van der Waals surface area contributed by atoms with Crippen molar-refractivity contribution < 1.29 is 9.47 Å². The molecule has 0 aliphatic rings. The molecule has 0 atom stereocenters. The molecule has 0 aliphatic heterocycles. The highest BCUT2D eigenvalue weighted by molar-refractivity contribution is 5.79. The molecule has 2 N–H and O–H groups in total. The van der Waals surface area contributed by atoms with Gasteiger partial charge in [0.15, 0.2) is 0 Å². The lowest BCUT2D eigenvalue weighted by molar-refractivity contribution is 0.415. The number of nitrogen functional groups attached to an aromatic ring is 1. The Morgan fingerprint density at radius 3 is 1.78 bits per heavy atom. The Balaban J connectivity index is 2.00. The van der Waals surface area contributed by atoms with E-state index < -0.39 is 0 Å². The summed E-state index contributed by atoms with van der Waals surface area (Å²) < 4.78 is 10.4. The van der Waals surface area contributed by atoms with E-state index in [0.717, 1.165) is 33.8 Å². The molecule has 4 heteroatoms. The fourth-order valence-corrected chi connectivity index (χ4v) is 2.42. The fourth-order valence-electron chi connectivity index (χ4n) is 2.42. The summed E-state index contributed by atoms with van der Waals surface area (Å²) in [6.45, 7) is 0. The van der Waals surface area contributed by atoms with Crippen LogP contribution < -0.4 is 15.2 Å². The number of aromatic nitrogens is 1. The smallest absolute Gasteiger partial charge is 0.131 e. The van der Waals surface area contributed by atoms with E-state index >= 15 is 0 Å². The lowest BCUT2D eigenvalue weighted by Gasteiger charge is -2.10. The Hall–Kier alpha value is -3.01. The first kappa shape index (κ1) is 14.9. The van der Waals surface area contributed by atoms with Crippen LogP contribution in [-0.4, -0.2) is 19.2 Å². The van der Waals surface area contributed by atoms with Gasteiger partial charge in [0.2, 0.25) is 0 Å². The first-order chi connectivity index (χ1) is 11.2. The molecule has 0 spiro atoms. The van der Waals surface area contributed by atoms with Crippen molar-refractivity contribution in [3.8, 4) is 33.8 Å². The molecule has 0 aliphatic carbocycles. The zero-order chi connectivity index (χ0) is 16.2. The normalized spacial score (nSPS) is 10.3. The molecular formula is C19H18N2O2. The highest BCUT2D eigenvalue weighted by Crippen LogP contribution is 2.31. The summed E-state index contributed by atoms with van der Waals surface area (Å²) in [5, 5.41) is 0. The number of hydrogen-bond acceptors (Lipinski definition) is 4. The van der Waals surface area contributed by atoms with E-state index in [-0.39, 0.29) is 0 Å². The van der Waals surface area contributed by atoms with Crippen molar-refractivity contribution in [1.29, 1.82) is 0 Å². The van der Waals surface area contributed by atoms with Gasteiger partial charge in [0.25, 0.3) is 0 Å². The number of ether oxygens (including phenoxy) is 2. The number of benzene rings is 2. The van der Waals surface area contributed by atoms with E-state index in [2.05, 4.69) is 4.98 Å². The van der Waals surface area contributed by atoms with Crippen LogP contribution >= 0.6 is 0 Å². The maximum atomic E-state index is 6.05. The van der Waals surface area contributed by atoms with Gasteiger partial charge in [-0.15, -0.1) is 0 Å². The molecule has 23 heavy (non-hydrogen) atoms. The molecule has 4 nitrogen and oxygen atoms in total. The van der Waals surface area contributed by atoms with Crippen molar-refractivity contribution in [3.05, 3.63) is 60.8 Å². The average Bonchev–Trinajstić information content (AvgIpc) is 2.62. The van der Waals surface area contributed by atoms with Crippen LogP contribution in [0.4, 0.5) is 5.82 Å². The van der Waals surface area contributed by atoms with Crippen LogP contribution in [0.2, 0.25) is 0 Å². The molecule has 0 fully saturated rings. The molecule has 0 saturated carbocycles. The molecule has 0 unspecified atom stereocenters. The van der Waals surface area contributed by atoms with E-state index in [1.165, 1.54) is 0 Å². The number of pyridine rings is 1. The molecule has 2 aromatic carbocycles. The van der Waals surface area contributed by atoms with Gasteiger partial charge in [-0.2, -0.15) is 0 Å². The van der Waals surface area contributed by atoms with Crippen molar-refractivity contribution in [3.63, 3.8) is 0 Å². The molecule has 0 saturated heterocycles. The van der Waals surface area contributed by atoms with Gasteiger partial charge in [-0.05, 0) is 41.5 Å². The number of anilines is 1. The summed E-state index contributed by atoms with van der Waals surface area (Å²) in [5.74, 6) is 2.14. The molecular weight excluding hydrogens is 288 g/mol. The summed E-state index contributed by atoms with van der Waals surface area (Å²) in [6.07, 6.45) is 1.78. The van der Waals surface area contributed by atoms with Gasteiger partial charge in [-0.3, -0.25) is 0 Å². The van der Waals surface area contributed by atoms with Crippen LogP contribution in [0.5, 0.6) is 11.5 Å². The monoisotopic (exact) mass is 306 g/mol. The molecule has 0 amide bonds. The second-order valence-electron chi connectivity index (χ2n) is 5.11. The lowest BCUT2D eigenvalue weighted by Crippen LogP contribution is -1.95. The largest absolute Gasteiger partial charge is 0.497 e. The number of nitrogens with zero attached hydrogens (tertiary/aromatic N) is 1. The van der Waals surface area contributed by atoms with Gasteiger partial charge in [-0.25, -0.2) is 4.98 Å². The van der Waals surface area contributed by atoms with Crippen LogP contribution in [0, 0.1) is 0 Å². The van der Waals surface area contributed by atoms with Crippen LogP contribution in [0.3, 0.4) is 0 Å². The van der Waals surface area contributed by atoms with Gasteiger partial charge >= 0.3 is 0 Å². The summed E-state index contributed by atoms with van der Waals surface area (Å²) in [4.78, 5) is 4.33. The standard InChI is InChI=1S/C19H18N2O2/c1-22-16-7-3-13(4-8-16)15-11-18(19(20)21-12-15)14-5-9-17(23-2)10-6-14/h3-12H,1-2H3,(H2,20,21). The molecule has 3 rings (SSSR count). The van der Waals surface area contributed by atoms with Crippen molar-refractivity contribution in [2.24, 2.45) is 0 Å². The van der Waals surface area contributed by atoms with E-state index in [0.29, 0.717) is 5.82 Å². The van der Waals surface area contributed by atoms with E-state index in [4.69, 9.17) is 15.2 Å². The van der Waals surface area contributed by atoms with Crippen LogP contribution in [0.15, 0.2) is 60.8 Å². The Kier molecular flexibility index (Phi) is 4.15. The fraction of sp³-hybridized carbons (Fsp3) is 0.105. The molecule has 0 bridgehead atoms. The minimum atomic E-state index is 0.507. The topological polar surface area (TPSA) is 57.4 Å². The van der Waals surface area contributed by atoms with Gasteiger partial charge in [0.1, 0.15) is 17.3 Å². The molecule has 0 radical (unpaired) electrons. The van der Waals surface area contributed by atoms with Crippen molar-refractivity contribution >= 4 is 5.82 Å². The zero-order valence-corrected chi connectivity index (χ0v) is 13.1. The number of methoxy groups -OCH3 is 2. The maximum Gasteiger partial charge on any atom is 0.131 e. The maximum absolute atomic E-state index is 6.05. The Labute approximate surface area is 135 Å². The number of rotatable bonds is 4. The summed E-state index contributed by atoms with van der Waals surface area (Å²) in [5.41, 5.74) is 10.0. The van der Waals surface area contributed by atoms with Crippen molar-refractivity contribution in [1.82, 2.24) is 4.98 Å². The SMILES string of the molecule is COc1ccc(-c2cnc(N)c(-c3ccc(OC)cc3)c2)cc1. The minimum absolute atomic E-state index is 0.507. The third-order valence-corrected chi connectivity index (χ3v) is 3.74. The van der Waals surface area contributed by atoms with Gasteiger partial charge in [0, 0.05) is 17.3 Å². The first-order valence-electron chi connectivity index (χ1n) is 7.25. The number of nitrogens with two attached hydrogens (primary N) is 1. The first-order valence-corrected chi connectivity index (χ1v) is 7.25. The minimum Gasteiger partial charge on any atom is -0.497 e. The third-order valence-electron chi connectivity index (χ3n) is 3.74. The van der Waals surface area contributed by atoms with E-state index in [1.54, 1.807) is 20.4 Å². The van der Waals surface area contributed by atoms with Crippen molar-refractivity contribution in [2.75, 3.05) is 20.0 Å². The Morgan fingerprint density at radius 2 is 1.26 bits per heavy atom. The summed E-state index contributed by atoms with van der Waals surface area (Å²) in [7, 11) is 3.30. The summed E-state index contributed by atoms with van der Waals surface area (Å²) in [6, 6.07) is 17.7. The lowest BCUT2D eigenvalue weighted by atomic mass is 10.0. The number of hydrogen-bond donors (Lipinski definition) is 1. The van der Waals surface area contributed by atoms with Crippen LogP contribution in [-0.2, 0) is 0 Å². The van der Waals surface area contributed by atoms with E-state index in [1.807, 2.05) is 54.6 Å². The predicted octanol–water partition coefficient (Wildman–Crippen LogP) is 4.02. The molecule has 1 heterocycles. The highest BCUT2D eigenvalue weighted by Gasteiger charge is 2.07. The summed E-state index contributed by atoms with van der Waals surface area (Å²) >= 11 is 0.